The molecular formula is C2H8ClNO7. The summed E-state index contributed by atoms with van der Waals surface area (Å²) in [5.41, 5.74) is 0. The third-order valence-corrected chi connectivity index (χ3v) is 0.424. The fraction of sp³-hybridized carbons (Fsp3) is 1.00. The molecule has 0 aromatic heterocycles. The van der Waals surface area contributed by atoms with Crippen molar-refractivity contribution >= 4 is 0 Å². The zero-order valence-corrected chi connectivity index (χ0v) is 6.26. The number of rotatable bonds is 1. The van der Waals surface area contributed by atoms with Crippen LogP contribution in [0.3, 0.4) is 0 Å². The van der Waals surface area contributed by atoms with Crippen molar-refractivity contribution in [3.05, 3.63) is 0 Å². The summed E-state index contributed by atoms with van der Waals surface area (Å²) in [4.78, 5) is -1.93. The van der Waals surface area contributed by atoms with Crippen LogP contribution < -0.4 is 18.6 Å². The van der Waals surface area contributed by atoms with Crippen LogP contribution in [0.25, 0.3) is 0 Å². The number of hydrogen-bond donors (Lipinski definition) is 3. The van der Waals surface area contributed by atoms with E-state index in [4.69, 9.17) is 34.3 Å². The standard InChI is InChI=1S/C2H8NO3.ClHO4/c1-2-3(4,5)6;2-1(3,4)5/h4-6H,2H2,1H3;(H,2,3,4,5)/q+1;/p-1. The van der Waals surface area contributed by atoms with E-state index in [1.807, 2.05) is 0 Å². The van der Waals surface area contributed by atoms with Gasteiger partial charge >= 0.3 is 0 Å². The Morgan fingerprint density at radius 1 is 1.09 bits per heavy atom. The molecule has 0 rings (SSSR count). The summed E-state index contributed by atoms with van der Waals surface area (Å²) in [6, 6.07) is 0. The summed E-state index contributed by atoms with van der Waals surface area (Å²) in [5.74, 6) is 0. The summed E-state index contributed by atoms with van der Waals surface area (Å²) >= 11 is 0. The highest BCUT2D eigenvalue weighted by Gasteiger charge is 2.11. The first-order chi connectivity index (χ1) is 4.56. The number of hydrogen-bond acceptors (Lipinski definition) is 7. The molecule has 70 valence electrons. The third-order valence-electron chi connectivity index (χ3n) is 0.424. The Bertz CT molecular complexity index is 87.6. The van der Waals surface area contributed by atoms with Gasteiger partial charge in [0.15, 0.2) is 6.54 Å². The number of nitrogens with zero attached hydrogens (tertiary/aromatic N) is 1. The maximum absolute atomic E-state index is 8.49. The second kappa shape index (κ2) is 4.77. The maximum atomic E-state index is 8.49. The van der Waals surface area contributed by atoms with Crippen molar-refractivity contribution in [1.82, 2.24) is 0 Å². The maximum Gasteiger partial charge on any atom is 0.174 e. The predicted molar refractivity (Wildman–Crippen MR) is 16.2 cm³/mol. The highest BCUT2D eigenvalue weighted by Crippen LogP contribution is 1.81. The zero-order chi connectivity index (χ0) is 9.71. The van der Waals surface area contributed by atoms with Crippen LogP contribution in [0, 0.1) is 10.2 Å². The van der Waals surface area contributed by atoms with Gasteiger partial charge in [-0.15, -0.1) is 25.9 Å². The lowest BCUT2D eigenvalue weighted by molar-refractivity contribution is -2.00. The molecule has 0 unspecified atom stereocenters. The van der Waals surface area contributed by atoms with Crippen molar-refractivity contribution in [3.8, 4) is 0 Å². The van der Waals surface area contributed by atoms with Gasteiger partial charge < -0.3 is 0 Å². The molecule has 0 aromatic carbocycles. The molecule has 0 fully saturated rings. The molecule has 0 aromatic rings. The molecule has 0 spiro atoms. The van der Waals surface area contributed by atoms with Gasteiger partial charge in [0.2, 0.25) is 0 Å². The topological polar surface area (TPSA) is 153 Å². The average molecular weight is 194 g/mol. The number of quaternary nitrogens is 1. The van der Waals surface area contributed by atoms with E-state index in [0.29, 0.717) is 0 Å². The van der Waals surface area contributed by atoms with Gasteiger partial charge in [0.05, 0.1) is 4.97 Å². The van der Waals surface area contributed by atoms with Crippen LogP contribution in [0.4, 0.5) is 0 Å². The van der Waals surface area contributed by atoms with E-state index in [0.717, 1.165) is 0 Å². The Morgan fingerprint density at radius 2 is 1.18 bits per heavy atom. The minimum atomic E-state index is -4.94. The van der Waals surface area contributed by atoms with Gasteiger partial charge in [0.25, 0.3) is 0 Å². The fourth-order valence-electron chi connectivity index (χ4n) is 0. The lowest BCUT2D eigenvalue weighted by atomic mass is 10.8. The Morgan fingerprint density at radius 3 is 1.18 bits per heavy atom. The first-order valence-corrected chi connectivity index (χ1v) is 3.47. The van der Waals surface area contributed by atoms with Crippen LogP contribution in [0.1, 0.15) is 6.92 Å². The predicted octanol–water partition coefficient (Wildman–Crippen LogP) is -4.77. The van der Waals surface area contributed by atoms with Crippen LogP contribution >= 0.6 is 0 Å². The normalized spacial score (nSPS) is 12.0. The largest absolute Gasteiger partial charge is 0.222 e. The molecular weight excluding hydrogens is 185 g/mol. The highest BCUT2D eigenvalue weighted by atomic mass is 35.7. The van der Waals surface area contributed by atoms with E-state index in [-0.39, 0.29) is 6.54 Å². The molecule has 0 aliphatic heterocycles. The molecule has 0 amide bonds. The Hall–Kier alpha value is -0.0300. The molecule has 0 aliphatic rings. The van der Waals surface area contributed by atoms with Crippen LogP contribution in [-0.2, 0) is 0 Å². The Kier molecular flexibility index (Phi) is 5.88. The van der Waals surface area contributed by atoms with Crippen molar-refractivity contribution in [2.24, 2.45) is 0 Å². The van der Waals surface area contributed by atoms with E-state index in [1.54, 1.807) is 0 Å². The molecule has 3 N–H and O–H groups in total. The van der Waals surface area contributed by atoms with Gasteiger partial charge in [-0.1, -0.05) is 0 Å². The SMILES string of the molecule is CC[N+](O)(O)O.[O-][Cl+3]([O-])([O-])[O-]. The molecule has 0 saturated carbocycles. The molecule has 8 nitrogen and oxygen atoms in total. The second-order valence-electron chi connectivity index (χ2n) is 1.39. The first kappa shape index (κ1) is 13.6. The summed E-state index contributed by atoms with van der Waals surface area (Å²) in [5, 5.41) is 23.6. The van der Waals surface area contributed by atoms with Gasteiger partial charge in [0, 0.05) is 0 Å². The average Bonchev–Trinajstić information content (AvgIpc) is 1.59. The summed E-state index contributed by atoms with van der Waals surface area (Å²) in [7, 11) is -4.94. The number of halogens is 1. The minimum Gasteiger partial charge on any atom is -0.222 e. The van der Waals surface area contributed by atoms with E-state index >= 15 is 0 Å². The smallest absolute Gasteiger partial charge is 0.174 e. The van der Waals surface area contributed by atoms with E-state index in [2.05, 4.69) is 0 Å². The molecule has 0 aliphatic carbocycles. The molecule has 0 bridgehead atoms. The molecule has 0 atom stereocenters. The monoisotopic (exact) mass is 193 g/mol. The van der Waals surface area contributed by atoms with E-state index in [9.17, 15) is 0 Å². The van der Waals surface area contributed by atoms with Gasteiger partial charge in [0.1, 0.15) is 0 Å². The summed E-state index contributed by atoms with van der Waals surface area (Å²) < 4.78 is 34.0. The van der Waals surface area contributed by atoms with Crippen molar-refractivity contribution < 1.29 is 49.5 Å². The first-order valence-electron chi connectivity index (χ1n) is 2.24. The summed E-state index contributed by atoms with van der Waals surface area (Å²) in [6.07, 6.45) is 0. The van der Waals surface area contributed by atoms with Crippen LogP contribution in [-0.4, -0.2) is 27.1 Å². The van der Waals surface area contributed by atoms with Crippen molar-refractivity contribution in [3.63, 3.8) is 0 Å². The van der Waals surface area contributed by atoms with Crippen LogP contribution in [0.2, 0.25) is 0 Å². The highest BCUT2D eigenvalue weighted by molar-refractivity contribution is 3.87. The quantitative estimate of drug-likeness (QED) is 0.279. The summed E-state index contributed by atoms with van der Waals surface area (Å²) in [6.45, 7) is 1.31. The molecule has 9 heteroatoms. The molecule has 0 radical (unpaired) electrons. The lowest BCUT2D eigenvalue weighted by Gasteiger charge is -2.17. The van der Waals surface area contributed by atoms with Gasteiger partial charge in [-0.25, -0.2) is 18.6 Å². The third kappa shape index (κ3) is 71.8. The zero-order valence-electron chi connectivity index (χ0n) is 5.51. The molecule has 0 heterocycles. The molecule has 0 saturated heterocycles. The van der Waals surface area contributed by atoms with Crippen molar-refractivity contribution in [2.45, 2.75) is 6.92 Å². The van der Waals surface area contributed by atoms with E-state index in [1.165, 1.54) is 6.92 Å². The van der Waals surface area contributed by atoms with Gasteiger partial charge in [-0.2, -0.15) is 0 Å². The number of hydroxylamine groups is 3. The van der Waals surface area contributed by atoms with Gasteiger partial charge in [-0.05, 0) is 6.92 Å². The Balaban J connectivity index is 0. The second-order valence-corrected chi connectivity index (χ2v) is 2.14. The van der Waals surface area contributed by atoms with Crippen molar-refractivity contribution in [1.29, 1.82) is 0 Å². The fourth-order valence-corrected chi connectivity index (χ4v) is 0. The van der Waals surface area contributed by atoms with Gasteiger partial charge in [-0.3, -0.25) is 0 Å². The van der Waals surface area contributed by atoms with Crippen LogP contribution in [0.15, 0.2) is 0 Å². The minimum absolute atomic E-state index is 0.125. The lowest BCUT2D eigenvalue weighted by Crippen LogP contribution is -2.68. The Labute approximate surface area is 64.0 Å². The van der Waals surface area contributed by atoms with Crippen molar-refractivity contribution in [2.75, 3.05) is 6.54 Å². The van der Waals surface area contributed by atoms with E-state index < -0.39 is 15.2 Å². The molecule has 11 heavy (non-hydrogen) atoms. The van der Waals surface area contributed by atoms with Crippen LogP contribution in [0.5, 0.6) is 0 Å².